The minimum atomic E-state index is -0.295. The maximum atomic E-state index is 12.0. The topological polar surface area (TPSA) is 73.2 Å². The van der Waals surface area contributed by atoms with Gasteiger partial charge >= 0.3 is 0 Å². The van der Waals surface area contributed by atoms with Crippen molar-refractivity contribution in [2.24, 2.45) is 5.92 Å². The van der Waals surface area contributed by atoms with Gasteiger partial charge < -0.3 is 10.2 Å². The van der Waals surface area contributed by atoms with Gasteiger partial charge in [0, 0.05) is 13.5 Å². The Morgan fingerprint density at radius 2 is 2.00 bits per heavy atom. The molecule has 5 nitrogen and oxygen atoms in total. The molecule has 0 aromatic heterocycles. The van der Waals surface area contributed by atoms with Crippen molar-refractivity contribution in [1.82, 2.24) is 4.90 Å². The van der Waals surface area contributed by atoms with Crippen LogP contribution in [0.5, 0.6) is 0 Å². The van der Waals surface area contributed by atoms with E-state index >= 15 is 0 Å². The van der Waals surface area contributed by atoms with Crippen LogP contribution < -0.4 is 5.32 Å². The second kappa shape index (κ2) is 8.05. The molecule has 0 spiro atoms. The summed E-state index contributed by atoms with van der Waals surface area (Å²) < 4.78 is 0. The van der Waals surface area contributed by atoms with E-state index in [0.717, 1.165) is 6.42 Å². The van der Waals surface area contributed by atoms with Gasteiger partial charge in [0.15, 0.2) is 0 Å². The van der Waals surface area contributed by atoms with Crippen LogP contribution in [-0.2, 0) is 9.59 Å². The predicted molar refractivity (Wildman–Crippen MR) is 81.5 cm³/mol. The molecule has 0 radical (unpaired) electrons. The minimum Gasteiger partial charge on any atom is -0.334 e. The Hall–Kier alpha value is -2.35. The van der Waals surface area contributed by atoms with Crippen LogP contribution in [0.1, 0.15) is 32.8 Å². The van der Waals surface area contributed by atoms with Crippen LogP contribution in [0.15, 0.2) is 24.3 Å². The fraction of sp³-hybridized carbons (Fsp3) is 0.438. The highest BCUT2D eigenvalue weighted by Gasteiger charge is 2.15. The molecule has 1 aromatic rings. The van der Waals surface area contributed by atoms with Gasteiger partial charge in [0.1, 0.15) is 6.07 Å². The molecule has 1 N–H and O–H groups in total. The molecule has 0 fully saturated rings. The second-order valence-electron chi connectivity index (χ2n) is 5.33. The van der Waals surface area contributed by atoms with E-state index in [2.05, 4.69) is 19.2 Å². The van der Waals surface area contributed by atoms with Crippen LogP contribution in [0, 0.1) is 17.2 Å². The largest absolute Gasteiger partial charge is 0.334 e. The summed E-state index contributed by atoms with van der Waals surface area (Å²) in [5.74, 6) is 0.0465. The lowest BCUT2D eigenvalue weighted by atomic mass is 10.1. The number of nitrogens with zero attached hydrogens (tertiary/aromatic N) is 2. The van der Waals surface area contributed by atoms with Gasteiger partial charge in [-0.05, 0) is 24.5 Å². The molecule has 0 aliphatic carbocycles. The Labute approximate surface area is 125 Å². The lowest BCUT2D eigenvalue weighted by Gasteiger charge is -2.21. The van der Waals surface area contributed by atoms with Crippen molar-refractivity contribution in [3.05, 3.63) is 29.8 Å². The average Bonchev–Trinajstić information content (AvgIpc) is 2.43. The zero-order chi connectivity index (χ0) is 15.8. The highest BCUT2D eigenvalue weighted by atomic mass is 16.2. The summed E-state index contributed by atoms with van der Waals surface area (Å²) in [4.78, 5) is 25.1. The fourth-order valence-electron chi connectivity index (χ4n) is 1.81. The average molecular weight is 287 g/mol. The number of amides is 2. The summed E-state index contributed by atoms with van der Waals surface area (Å²) in [5.41, 5.74) is 0.875. The molecule has 1 rings (SSSR count). The Balaban J connectivity index is 2.66. The molecule has 0 saturated heterocycles. The van der Waals surface area contributed by atoms with E-state index in [1.165, 1.54) is 11.8 Å². The van der Waals surface area contributed by atoms with Crippen LogP contribution in [-0.4, -0.2) is 29.8 Å². The van der Waals surface area contributed by atoms with E-state index in [0.29, 0.717) is 23.7 Å². The summed E-state index contributed by atoms with van der Waals surface area (Å²) in [7, 11) is 0. The summed E-state index contributed by atoms with van der Waals surface area (Å²) in [6, 6.07) is 8.81. The van der Waals surface area contributed by atoms with Gasteiger partial charge in [-0.2, -0.15) is 5.26 Å². The molecule has 112 valence electrons. The second-order valence-corrected chi connectivity index (χ2v) is 5.33. The lowest BCUT2D eigenvalue weighted by molar-refractivity contribution is -0.132. The molecule has 2 amide bonds. The Bertz CT molecular complexity index is 547. The van der Waals surface area contributed by atoms with Crippen molar-refractivity contribution >= 4 is 17.5 Å². The van der Waals surface area contributed by atoms with Crippen LogP contribution in [0.4, 0.5) is 5.69 Å². The zero-order valence-corrected chi connectivity index (χ0v) is 12.7. The van der Waals surface area contributed by atoms with Gasteiger partial charge in [-0.3, -0.25) is 9.59 Å². The lowest BCUT2D eigenvalue weighted by Crippen LogP contribution is -2.37. The molecule has 5 heteroatoms. The molecule has 0 aliphatic heterocycles. The van der Waals surface area contributed by atoms with Crippen molar-refractivity contribution in [1.29, 1.82) is 5.26 Å². The van der Waals surface area contributed by atoms with Crippen molar-refractivity contribution in [2.75, 3.05) is 18.4 Å². The first kappa shape index (κ1) is 16.7. The number of hydrogen-bond acceptors (Lipinski definition) is 3. The Kier molecular flexibility index (Phi) is 6.41. The molecule has 0 bridgehead atoms. The van der Waals surface area contributed by atoms with Crippen LogP contribution in [0.2, 0.25) is 0 Å². The van der Waals surface area contributed by atoms with Gasteiger partial charge in [-0.15, -0.1) is 0 Å². The highest BCUT2D eigenvalue weighted by molar-refractivity contribution is 5.95. The number of carbonyl (C=O) groups excluding carboxylic acids is 2. The SMILES string of the molecule is CC(=O)N(CCC(C)C)CC(=O)Nc1ccccc1C#N. The molecule has 0 saturated carbocycles. The smallest absolute Gasteiger partial charge is 0.244 e. The first-order chi connectivity index (χ1) is 9.93. The Morgan fingerprint density at radius 1 is 1.33 bits per heavy atom. The normalized spacial score (nSPS) is 10.0. The van der Waals surface area contributed by atoms with Crippen LogP contribution in [0.25, 0.3) is 0 Å². The molecule has 0 unspecified atom stereocenters. The van der Waals surface area contributed by atoms with E-state index in [1.807, 2.05) is 6.07 Å². The van der Waals surface area contributed by atoms with Gasteiger partial charge in [-0.25, -0.2) is 0 Å². The minimum absolute atomic E-state index is 0.00180. The van der Waals surface area contributed by atoms with Crippen molar-refractivity contribution in [2.45, 2.75) is 27.2 Å². The molecular formula is C16H21N3O2. The number of nitrogens with one attached hydrogen (secondary N) is 1. The van der Waals surface area contributed by atoms with Gasteiger partial charge in [0.2, 0.25) is 11.8 Å². The molecule has 0 atom stereocenters. The predicted octanol–water partition coefficient (Wildman–Crippen LogP) is 2.39. The van der Waals surface area contributed by atoms with Crippen molar-refractivity contribution < 1.29 is 9.59 Å². The summed E-state index contributed by atoms with van der Waals surface area (Å²) >= 11 is 0. The first-order valence-electron chi connectivity index (χ1n) is 6.98. The van der Waals surface area contributed by atoms with Crippen LogP contribution >= 0.6 is 0 Å². The van der Waals surface area contributed by atoms with E-state index < -0.39 is 0 Å². The molecule has 0 heterocycles. The molecular weight excluding hydrogens is 266 g/mol. The van der Waals surface area contributed by atoms with E-state index in [-0.39, 0.29) is 18.4 Å². The van der Waals surface area contributed by atoms with Gasteiger partial charge in [0.25, 0.3) is 0 Å². The van der Waals surface area contributed by atoms with Crippen molar-refractivity contribution in [3.63, 3.8) is 0 Å². The van der Waals surface area contributed by atoms with Gasteiger partial charge in [0.05, 0.1) is 17.8 Å². The summed E-state index contributed by atoms with van der Waals surface area (Å²) in [6.07, 6.45) is 0.849. The quantitative estimate of drug-likeness (QED) is 0.873. The van der Waals surface area contributed by atoms with Crippen molar-refractivity contribution in [3.8, 4) is 6.07 Å². The monoisotopic (exact) mass is 287 g/mol. The van der Waals surface area contributed by atoms with E-state index in [4.69, 9.17) is 5.26 Å². The molecule has 21 heavy (non-hydrogen) atoms. The number of nitriles is 1. The molecule has 0 aliphatic rings. The first-order valence-corrected chi connectivity index (χ1v) is 6.98. The highest BCUT2D eigenvalue weighted by Crippen LogP contribution is 2.13. The number of benzene rings is 1. The third-order valence-electron chi connectivity index (χ3n) is 3.08. The zero-order valence-electron chi connectivity index (χ0n) is 12.7. The number of para-hydroxylation sites is 1. The van der Waals surface area contributed by atoms with E-state index in [9.17, 15) is 9.59 Å². The standard InChI is InChI=1S/C16H21N3O2/c1-12(2)8-9-19(13(3)20)11-16(21)18-15-7-5-4-6-14(15)10-17/h4-7,12H,8-9,11H2,1-3H3,(H,18,21). The summed E-state index contributed by atoms with van der Waals surface area (Å²) in [6.45, 7) is 6.15. The summed E-state index contributed by atoms with van der Waals surface area (Å²) in [5, 5.41) is 11.7. The maximum absolute atomic E-state index is 12.0. The third-order valence-corrected chi connectivity index (χ3v) is 3.08. The third kappa shape index (κ3) is 5.65. The number of carbonyl (C=O) groups is 2. The van der Waals surface area contributed by atoms with Crippen LogP contribution in [0.3, 0.4) is 0 Å². The maximum Gasteiger partial charge on any atom is 0.244 e. The van der Waals surface area contributed by atoms with E-state index in [1.54, 1.807) is 24.3 Å². The number of hydrogen-bond donors (Lipinski definition) is 1. The Morgan fingerprint density at radius 3 is 2.57 bits per heavy atom. The molecule has 1 aromatic carbocycles. The number of rotatable bonds is 6. The van der Waals surface area contributed by atoms with Gasteiger partial charge in [-0.1, -0.05) is 26.0 Å². The number of anilines is 1. The fourth-order valence-corrected chi connectivity index (χ4v) is 1.81.